The third-order valence-electron chi connectivity index (χ3n) is 3.28. The molecule has 0 aliphatic carbocycles. The molecule has 0 aliphatic rings. The maximum absolute atomic E-state index is 12.3. The van der Waals surface area contributed by atoms with E-state index in [1.165, 1.54) is 11.0 Å². The van der Waals surface area contributed by atoms with Crippen molar-refractivity contribution in [3.05, 3.63) is 64.1 Å². The SMILES string of the molecule is CC(c1ccc(O)cc1)N(C)C(=O)c1cccc(=O)[nH]1. The minimum absolute atomic E-state index is 0.174. The minimum atomic E-state index is -0.304. The summed E-state index contributed by atoms with van der Waals surface area (Å²) in [6.07, 6.45) is 0. The van der Waals surface area contributed by atoms with Gasteiger partial charge in [0.05, 0.1) is 6.04 Å². The summed E-state index contributed by atoms with van der Waals surface area (Å²) in [5.41, 5.74) is 0.851. The van der Waals surface area contributed by atoms with Gasteiger partial charge >= 0.3 is 0 Å². The monoisotopic (exact) mass is 272 g/mol. The van der Waals surface area contributed by atoms with E-state index in [1.807, 2.05) is 6.92 Å². The highest BCUT2D eigenvalue weighted by Gasteiger charge is 2.19. The fourth-order valence-corrected chi connectivity index (χ4v) is 1.91. The first-order valence-electron chi connectivity index (χ1n) is 6.24. The second-order valence-electron chi connectivity index (χ2n) is 4.61. The van der Waals surface area contributed by atoms with Crippen LogP contribution < -0.4 is 5.56 Å². The normalized spacial score (nSPS) is 11.9. The zero-order chi connectivity index (χ0) is 14.7. The lowest BCUT2D eigenvalue weighted by Gasteiger charge is -2.25. The number of nitrogens with zero attached hydrogens (tertiary/aromatic N) is 1. The smallest absolute Gasteiger partial charge is 0.270 e. The number of carbonyl (C=O) groups is 1. The van der Waals surface area contributed by atoms with Gasteiger partial charge in [0.1, 0.15) is 11.4 Å². The van der Waals surface area contributed by atoms with Crippen LogP contribution in [0.3, 0.4) is 0 Å². The van der Waals surface area contributed by atoms with Gasteiger partial charge in [-0.3, -0.25) is 9.59 Å². The van der Waals surface area contributed by atoms with Crippen molar-refractivity contribution in [2.75, 3.05) is 7.05 Å². The first kappa shape index (κ1) is 13.9. The maximum Gasteiger partial charge on any atom is 0.270 e. The summed E-state index contributed by atoms with van der Waals surface area (Å²) in [5.74, 6) is -0.0782. The van der Waals surface area contributed by atoms with Crippen LogP contribution in [0.2, 0.25) is 0 Å². The largest absolute Gasteiger partial charge is 0.508 e. The number of phenols is 1. The fraction of sp³-hybridized carbons (Fsp3) is 0.200. The number of carbonyl (C=O) groups excluding carboxylic acids is 1. The summed E-state index contributed by atoms with van der Waals surface area (Å²) in [7, 11) is 1.67. The number of aromatic hydroxyl groups is 1. The predicted octanol–water partition coefficient (Wildman–Crippen LogP) is 1.91. The van der Waals surface area contributed by atoms with Crippen molar-refractivity contribution in [2.45, 2.75) is 13.0 Å². The number of H-pyrrole nitrogens is 1. The van der Waals surface area contributed by atoms with Crippen LogP contribution in [0.25, 0.3) is 0 Å². The number of aromatic nitrogens is 1. The minimum Gasteiger partial charge on any atom is -0.508 e. The molecule has 0 saturated heterocycles. The Morgan fingerprint density at radius 1 is 1.20 bits per heavy atom. The van der Waals surface area contributed by atoms with Crippen LogP contribution >= 0.6 is 0 Å². The van der Waals surface area contributed by atoms with E-state index in [0.29, 0.717) is 0 Å². The average Bonchev–Trinajstić information content (AvgIpc) is 2.46. The standard InChI is InChI=1S/C15H16N2O3/c1-10(11-6-8-12(18)9-7-11)17(2)15(20)13-4-3-5-14(19)16-13/h3-10,18H,1-2H3,(H,16,19). The van der Waals surface area contributed by atoms with Crippen LogP contribution in [0.5, 0.6) is 5.75 Å². The summed E-state index contributed by atoms with van der Waals surface area (Å²) in [4.78, 5) is 27.6. The zero-order valence-electron chi connectivity index (χ0n) is 11.3. The Morgan fingerprint density at radius 3 is 2.45 bits per heavy atom. The van der Waals surface area contributed by atoms with Gasteiger partial charge in [0, 0.05) is 13.1 Å². The number of benzene rings is 1. The third-order valence-corrected chi connectivity index (χ3v) is 3.28. The molecule has 0 fully saturated rings. The topological polar surface area (TPSA) is 73.4 Å². The first-order valence-corrected chi connectivity index (χ1v) is 6.24. The van der Waals surface area contributed by atoms with Gasteiger partial charge < -0.3 is 15.0 Å². The van der Waals surface area contributed by atoms with Crippen molar-refractivity contribution in [1.82, 2.24) is 9.88 Å². The van der Waals surface area contributed by atoms with Crippen LogP contribution in [0.15, 0.2) is 47.3 Å². The van der Waals surface area contributed by atoms with Crippen molar-refractivity contribution in [3.8, 4) is 5.75 Å². The van der Waals surface area contributed by atoms with Gasteiger partial charge in [0.2, 0.25) is 5.56 Å². The summed E-state index contributed by atoms with van der Waals surface area (Å²) in [6.45, 7) is 1.88. The Bertz CT molecular complexity index is 661. The van der Waals surface area contributed by atoms with Crippen LogP contribution in [0.4, 0.5) is 0 Å². The Morgan fingerprint density at radius 2 is 1.85 bits per heavy atom. The molecule has 1 unspecified atom stereocenters. The number of pyridine rings is 1. The van der Waals surface area contributed by atoms with Crippen LogP contribution in [0.1, 0.15) is 29.0 Å². The molecule has 1 amide bonds. The zero-order valence-corrected chi connectivity index (χ0v) is 11.3. The third kappa shape index (κ3) is 2.88. The molecule has 2 N–H and O–H groups in total. The Balaban J connectivity index is 2.22. The van der Waals surface area contributed by atoms with Crippen molar-refractivity contribution in [3.63, 3.8) is 0 Å². The molecular weight excluding hydrogens is 256 g/mol. The highest BCUT2D eigenvalue weighted by Crippen LogP contribution is 2.22. The molecule has 0 radical (unpaired) electrons. The van der Waals surface area contributed by atoms with Gasteiger partial charge in [-0.15, -0.1) is 0 Å². The molecule has 1 atom stereocenters. The lowest BCUT2D eigenvalue weighted by Crippen LogP contribution is -2.31. The van der Waals surface area contributed by atoms with E-state index >= 15 is 0 Å². The number of amides is 1. The fourth-order valence-electron chi connectivity index (χ4n) is 1.91. The second-order valence-corrected chi connectivity index (χ2v) is 4.61. The van der Waals surface area contributed by atoms with Crippen LogP contribution in [-0.2, 0) is 0 Å². The lowest BCUT2D eigenvalue weighted by molar-refractivity contribution is 0.0736. The molecule has 20 heavy (non-hydrogen) atoms. The van der Waals surface area contributed by atoms with Crippen molar-refractivity contribution in [1.29, 1.82) is 0 Å². The summed E-state index contributed by atoms with van der Waals surface area (Å²) < 4.78 is 0. The summed E-state index contributed by atoms with van der Waals surface area (Å²) in [6, 6.07) is 11.0. The Kier molecular flexibility index (Phi) is 3.89. The lowest BCUT2D eigenvalue weighted by atomic mass is 10.1. The number of nitrogens with one attached hydrogen (secondary N) is 1. The molecule has 0 spiro atoms. The van der Waals surface area contributed by atoms with Gasteiger partial charge in [0.25, 0.3) is 5.91 Å². The molecule has 0 aliphatic heterocycles. The molecule has 2 rings (SSSR count). The van der Waals surface area contributed by atoms with E-state index in [4.69, 9.17) is 0 Å². The highest BCUT2D eigenvalue weighted by atomic mass is 16.3. The molecule has 104 valence electrons. The molecular formula is C15H16N2O3. The van der Waals surface area contributed by atoms with Crippen molar-refractivity contribution in [2.24, 2.45) is 0 Å². The number of aromatic amines is 1. The molecule has 0 bridgehead atoms. The van der Waals surface area contributed by atoms with Gasteiger partial charge in [-0.25, -0.2) is 0 Å². The quantitative estimate of drug-likeness (QED) is 0.896. The van der Waals surface area contributed by atoms with E-state index in [-0.39, 0.29) is 29.0 Å². The predicted molar refractivity (Wildman–Crippen MR) is 75.7 cm³/mol. The highest BCUT2D eigenvalue weighted by molar-refractivity contribution is 5.92. The number of hydrogen-bond donors (Lipinski definition) is 2. The molecule has 1 aromatic heterocycles. The Labute approximate surface area is 116 Å². The van der Waals surface area contributed by atoms with Gasteiger partial charge in [-0.05, 0) is 30.7 Å². The van der Waals surface area contributed by atoms with E-state index in [9.17, 15) is 14.7 Å². The number of rotatable bonds is 3. The van der Waals surface area contributed by atoms with Gasteiger partial charge in [-0.2, -0.15) is 0 Å². The van der Waals surface area contributed by atoms with E-state index in [2.05, 4.69) is 4.98 Å². The van der Waals surface area contributed by atoms with E-state index < -0.39 is 0 Å². The van der Waals surface area contributed by atoms with Crippen molar-refractivity contribution >= 4 is 5.91 Å². The van der Waals surface area contributed by atoms with E-state index in [0.717, 1.165) is 5.56 Å². The molecule has 0 saturated carbocycles. The number of phenolic OH excluding ortho intramolecular Hbond substituents is 1. The molecule has 5 heteroatoms. The average molecular weight is 272 g/mol. The van der Waals surface area contributed by atoms with Crippen LogP contribution in [-0.4, -0.2) is 27.9 Å². The second kappa shape index (κ2) is 5.61. The Hall–Kier alpha value is -2.56. The van der Waals surface area contributed by atoms with Crippen LogP contribution in [0, 0.1) is 0 Å². The first-order chi connectivity index (χ1) is 9.49. The van der Waals surface area contributed by atoms with Gasteiger partial charge in [-0.1, -0.05) is 18.2 Å². The molecule has 5 nitrogen and oxygen atoms in total. The molecule has 1 heterocycles. The maximum atomic E-state index is 12.3. The van der Waals surface area contributed by atoms with Gasteiger partial charge in [0.15, 0.2) is 0 Å². The van der Waals surface area contributed by atoms with Crippen molar-refractivity contribution < 1.29 is 9.90 Å². The molecule has 2 aromatic rings. The molecule has 1 aromatic carbocycles. The number of hydrogen-bond acceptors (Lipinski definition) is 3. The van der Waals surface area contributed by atoms with E-state index in [1.54, 1.807) is 43.4 Å². The summed E-state index contributed by atoms with van der Waals surface area (Å²) >= 11 is 0. The summed E-state index contributed by atoms with van der Waals surface area (Å²) in [5, 5.41) is 9.27.